The Balaban J connectivity index is 1.97. The van der Waals surface area contributed by atoms with Gasteiger partial charge in [0.2, 0.25) is 0 Å². The third-order valence-electron chi connectivity index (χ3n) is 3.95. The number of pyridine rings is 1. The molecule has 3 rings (SSSR count). The van der Waals surface area contributed by atoms with Crippen molar-refractivity contribution in [3.8, 4) is 0 Å². The average molecular weight is 291 g/mol. The van der Waals surface area contributed by atoms with E-state index in [2.05, 4.69) is 4.98 Å². The monoisotopic (exact) mass is 291 g/mol. The highest BCUT2D eigenvalue weighted by molar-refractivity contribution is 7.92. The van der Waals surface area contributed by atoms with Gasteiger partial charge in [0.05, 0.1) is 22.6 Å². The standard InChI is InChI=1S/C15H17NO3S/c17-15(14-5-1-2-9-20(14,18)19)12-6-7-13-11(10-12)4-3-8-16-13/h3-4,6-8,10,14-15,17H,1-2,5,9H2. The maximum absolute atomic E-state index is 12.1. The van der Waals surface area contributed by atoms with E-state index in [1.807, 2.05) is 24.3 Å². The molecule has 1 aromatic carbocycles. The molecule has 1 aliphatic rings. The maximum Gasteiger partial charge on any atom is 0.156 e. The number of hydrogen-bond acceptors (Lipinski definition) is 4. The van der Waals surface area contributed by atoms with E-state index < -0.39 is 21.2 Å². The Kier molecular flexibility index (Phi) is 3.48. The fourth-order valence-electron chi connectivity index (χ4n) is 2.83. The Morgan fingerprint density at radius 1 is 1.25 bits per heavy atom. The minimum atomic E-state index is -3.19. The number of aliphatic hydroxyl groups is 1. The molecule has 4 nitrogen and oxygen atoms in total. The summed E-state index contributed by atoms with van der Waals surface area (Å²) >= 11 is 0. The third kappa shape index (κ3) is 2.43. The number of sulfone groups is 1. The summed E-state index contributed by atoms with van der Waals surface area (Å²) in [5, 5.41) is 10.7. The summed E-state index contributed by atoms with van der Waals surface area (Å²) in [6.45, 7) is 0. The molecule has 1 N–H and O–H groups in total. The molecule has 0 radical (unpaired) electrons. The number of aliphatic hydroxyl groups excluding tert-OH is 1. The van der Waals surface area contributed by atoms with Gasteiger partial charge in [0.25, 0.3) is 0 Å². The van der Waals surface area contributed by atoms with Gasteiger partial charge in [0.15, 0.2) is 9.84 Å². The number of aromatic nitrogens is 1. The van der Waals surface area contributed by atoms with Crippen molar-refractivity contribution in [2.75, 3.05) is 5.75 Å². The lowest BCUT2D eigenvalue weighted by Gasteiger charge is -2.27. The quantitative estimate of drug-likeness (QED) is 0.921. The molecule has 106 valence electrons. The van der Waals surface area contributed by atoms with Crippen molar-refractivity contribution in [3.05, 3.63) is 42.1 Å². The van der Waals surface area contributed by atoms with E-state index in [-0.39, 0.29) is 5.75 Å². The molecule has 2 atom stereocenters. The van der Waals surface area contributed by atoms with Crippen LogP contribution in [0.5, 0.6) is 0 Å². The minimum absolute atomic E-state index is 0.184. The number of fused-ring (bicyclic) bond motifs is 1. The number of hydrogen-bond donors (Lipinski definition) is 1. The van der Waals surface area contributed by atoms with Crippen LogP contribution in [0.4, 0.5) is 0 Å². The van der Waals surface area contributed by atoms with Crippen LogP contribution in [0.3, 0.4) is 0 Å². The van der Waals surface area contributed by atoms with Gasteiger partial charge in [0, 0.05) is 11.6 Å². The summed E-state index contributed by atoms with van der Waals surface area (Å²) in [6.07, 6.45) is 2.85. The highest BCUT2D eigenvalue weighted by Crippen LogP contribution is 2.31. The van der Waals surface area contributed by atoms with Crippen molar-refractivity contribution in [1.82, 2.24) is 4.98 Å². The first kappa shape index (κ1) is 13.5. The molecule has 5 heteroatoms. The zero-order valence-corrected chi connectivity index (χ0v) is 11.9. The van der Waals surface area contributed by atoms with Crippen LogP contribution in [0.2, 0.25) is 0 Å². The molecule has 2 aromatic rings. The lowest BCUT2D eigenvalue weighted by molar-refractivity contribution is 0.164. The first-order valence-corrected chi connectivity index (χ1v) is 8.54. The van der Waals surface area contributed by atoms with Crippen molar-refractivity contribution in [2.24, 2.45) is 0 Å². The predicted molar refractivity (Wildman–Crippen MR) is 78.1 cm³/mol. The van der Waals surface area contributed by atoms with Crippen LogP contribution in [-0.4, -0.2) is 29.5 Å². The summed E-state index contributed by atoms with van der Waals surface area (Å²) in [5.74, 6) is 0.184. The fraction of sp³-hybridized carbons (Fsp3) is 0.400. The minimum Gasteiger partial charge on any atom is -0.387 e. The van der Waals surface area contributed by atoms with Crippen LogP contribution in [-0.2, 0) is 9.84 Å². The molecule has 1 aromatic heterocycles. The second-order valence-corrected chi connectivity index (χ2v) is 7.64. The first-order chi connectivity index (χ1) is 9.58. The SMILES string of the molecule is O=S1(=O)CCCCC1C(O)c1ccc2ncccc2c1. The summed E-state index contributed by atoms with van der Waals surface area (Å²) in [6, 6.07) is 9.16. The van der Waals surface area contributed by atoms with Crippen molar-refractivity contribution < 1.29 is 13.5 Å². The van der Waals surface area contributed by atoms with Crippen molar-refractivity contribution >= 4 is 20.7 Å². The molecule has 1 aliphatic heterocycles. The van der Waals surface area contributed by atoms with Gasteiger partial charge in [-0.2, -0.15) is 0 Å². The van der Waals surface area contributed by atoms with E-state index in [1.54, 1.807) is 12.3 Å². The predicted octanol–water partition coefficient (Wildman–Crippen LogP) is 2.24. The summed E-state index contributed by atoms with van der Waals surface area (Å²) < 4.78 is 24.2. The highest BCUT2D eigenvalue weighted by atomic mass is 32.2. The normalized spacial score (nSPS) is 23.6. The topological polar surface area (TPSA) is 67.3 Å². The van der Waals surface area contributed by atoms with Crippen molar-refractivity contribution in [1.29, 1.82) is 0 Å². The number of benzene rings is 1. The molecule has 1 saturated heterocycles. The zero-order valence-electron chi connectivity index (χ0n) is 11.1. The van der Waals surface area contributed by atoms with Gasteiger partial charge in [-0.1, -0.05) is 18.6 Å². The largest absolute Gasteiger partial charge is 0.387 e. The summed E-state index contributed by atoms with van der Waals surface area (Å²) in [7, 11) is -3.19. The molecular formula is C15H17NO3S. The van der Waals surface area contributed by atoms with E-state index in [0.29, 0.717) is 18.4 Å². The highest BCUT2D eigenvalue weighted by Gasteiger charge is 2.35. The maximum atomic E-state index is 12.1. The van der Waals surface area contributed by atoms with Crippen LogP contribution < -0.4 is 0 Å². The Hall–Kier alpha value is -1.46. The van der Waals surface area contributed by atoms with Crippen LogP contribution in [0.25, 0.3) is 10.9 Å². The van der Waals surface area contributed by atoms with Gasteiger partial charge in [-0.25, -0.2) is 8.42 Å². The van der Waals surface area contributed by atoms with Gasteiger partial charge in [-0.05, 0) is 36.6 Å². The average Bonchev–Trinajstić information content (AvgIpc) is 2.45. The molecule has 0 bridgehead atoms. The zero-order chi connectivity index (χ0) is 14.2. The molecule has 2 heterocycles. The van der Waals surface area contributed by atoms with Crippen LogP contribution in [0.1, 0.15) is 30.9 Å². The van der Waals surface area contributed by atoms with Crippen molar-refractivity contribution in [3.63, 3.8) is 0 Å². The van der Waals surface area contributed by atoms with Crippen molar-refractivity contribution in [2.45, 2.75) is 30.6 Å². The van der Waals surface area contributed by atoms with Gasteiger partial charge in [-0.3, -0.25) is 4.98 Å². The van der Waals surface area contributed by atoms with Gasteiger partial charge < -0.3 is 5.11 Å². The van der Waals surface area contributed by atoms with E-state index in [9.17, 15) is 13.5 Å². The Morgan fingerprint density at radius 3 is 2.90 bits per heavy atom. The van der Waals surface area contributed by atoms with Crippen LogP contribution in [0.15, 0.2) is 36.5 Å². The Bertz CT molecular complexity index is 727. The molecule has 0 spiro atoms. The molecule has 20 heavy (non-hydrogen) atoms. The van der Waals surface area contributed by atoms with E-state index in [1.165, 1.54) is 0 Å². The van der Waals surface area contributed by atoms with E-state index in [0.717, 1.165) is 17.3 Å². The van der Waals surface area contributed by atoms with Gasteiger partial charge in [-0.15, -0.1) is 0 Å². The fourth-order valence-corrected chi connectivity index (χ4v) is 4.81. The first-order valence-electron chi connectivity index (χ1n) is 6.82. The van der Waals surface area contributed by atoms with Crippen LogP contribution in [0, 0.1) is 0 Å². The molecule has 1 fully saturated rings. The number of nitrogens with zero attached hydrogens (tertiary/aromatic N) is 1. The third-order valence-corrected chi connectivity index (χ3v) is 6.22. The lowest BCUT2D eigenvalue weighted by Crippen LogP contribution is -2.33. The number of rotatable bonds is 2. The summed E-state index contributed by atoms with van der Waals surface area (Å²) in [5.41, 5.74) is 1.50. The molecule has 0 saturated carbocycles. The second-order valence-electron chi connectivity index (χ2n) is 5.30. The molecule has 2 unspecified atom stereocenters. The van der Waals surface area contributed by atoms with Gasteiger partial charge >= 0.3 is 0 Å². The Morgan fingerprint density at radius 2 is 2.10 bits per heavy atom. The van der Waals surface area contributed by atoms with Crippen LogP contribution >= 0.6 is 0 Å². The van der Waals surface area contributed by atoms with Gasteiger partial charge in [0.1, 0.15) is 0 Å². The smallest absolute Gasteiger partial charge is 0.156 e. The summed E-state index contributed by atoms with van der Waals surface area (Å²) in [4.78, 5) is 4.22. The molecule has 0 aliphatic carbocycles. The second kappa shape index (κ2) is 5.14. The molecular weight excluding hydrogens is 274 g/mol. The van der Waals surface area contributed by atoms with E-state index in [4.69, 9.17) is 0 Å². The van der Waals surface area contributed by atoms with E-state index >= 15 is 0 Å². The Labute approximate surface area is 118 Å². The lowest BCUT2D eigenvalue weighted by atomic mass is 10.0. The molecule has 0 amide bonds.